The van der Waals surface area contributed by atoms with Gasteiger partial charge in [0.1, 0.15) is 4.88 Å². The average Bonchev–Trinajstić information content (AvgIpc) is 3.63. The summed E-state index contributed by atoms with van der Waals surface area (Å²) in [7, 11) is -0.135. The molecule has 1 aromatic carbocycles. The molecule has 1 atom stereocenters. The molecule has 8 nitrogen and oxygen atoms in total. The van der Waals surface area contributed by atoms with Gasteiger partial charge in [0, 0.05) is 36.3 Å². The zero-order valence-electron chi connectivity index (χ0n) is 24.1. The lowest BCUT2D eigenvalue weighted by Crippen LogP contribution is -2.49. The lowest BCUT2D eigenvalue weighted by atomic mass is 9.81. The molecule has 2 heterocycles. The Morgan fingerprint density at radius 2 is 1.73 bits per heavy atom. The number of amides is 1. The monoisotopic (exact) mass is 601 g/mol. The van der Waals surface area contributed by atoms with Crippen molar-refractivity contribution in [2.75, 3.05) is 24.7 Å². The van der Waals surface area contributed by atoms with Crippen molar-refractivity contribution in [1.82, 2.24) is 0 Å². The first-order valence-corrected chi connectivity index (χ1v) is 16.4. The molecule has 2 aliphatic carbocycles. The Bertz CT molecular complexity index is 1240. The van der Waals surface area contributed by atoms with Crippen LogP contribution in [0.5, 0.6) is 0 Å². The Morgan fingerprint density at radius 3 is 2.29 bits per heavy atom. The van der Waals surface area contributed by atoms with E-state index >= 15 is 0 Å². The highest BCUT2D eigenvalue weighted by atomic mass is 32.1. The first-order chi connectivity index (χ1) is 19.7. The summed E-state index contributed by atoms with van der Waals surface area (Å²) in [5, 5.41) is 9.34. The summed E-state index contributed by atoms with van der Waals surface area (Å²) in [5.41, 5.74) is 2.09. The summed E-state index contributed by atoms with van der Waals surface area (Å²) < 4.78 is 29.5. The fourth-order valence-electron chi connectivity index (χ4n) is 6.53. The summed E-state index contributed by atoms with van der Waals surface area (Å²) >= 11 is 1.19. The van der Waals surface area contributed by atoms with E-state index in [1.54, 1.807) is 6.92 Å². The van der Waals surface area contributed by atoms with Crippen LogP contribution < -0.4 is 4.90 Å². The number of carbonyl (C=O) groups excluding carboxylic acids is 1. The van der Waals surface area contributed by atoms with Gasteiger partial charge in [-0.05, 0) is 75.5 Å². The first-order valence-electron chi connectivity index (χ1n) is 14.8. The standard InChI is InChI=1S/C31H40NO7PS/c1-4-37-30(3,40-36)23-11-9-21(10-12-23)26-19-25(27(41-26)29(34)35)32(28(33)22-7-5-20(2)6-8-22)24-13-15-31(16-14-24)38-17-18-39-31/h9-12,19-20,22,24H,4-8,13-18H2,1-3H3,(H,34,35). The molecule has 1 aromatic heterocycles. The Kier molecular flexibility index (Phi) is 9.31. The van der Waals surface area contributed by atoms with Crippen molar-refractivity contribution in [2.24, 2.45) is 11.8 Å². The molecular weight excluding hydrogens is 561 g/mol. The molecule has 0 bridgehead atoms. The molecule has 1 unspecified atom stereocenters. The minimum Gasteiger partial charge on any atom is -0.477 e. The number of thiophene rings is 1. The maximum Gasteiger partial charge on any atom is 0.348 e. The Labute approximate surface area is 247 Å². The predicted octanol–water partition coefficient (Wildman–Crippen LogP) is 7.46. The number of rotatable bonds is 9. The van der Waals surface area contributed by atoms with Gasteiger partial charge in [-0.25, -0.2) is 4.79 Å². The van der Waals surface area contributed by atoms with Crippen LogP contribution in [-0.4, -0.2) is 48.6 Å². The van der Waals surface area contributed by atoms with E-state index < -0.39 is 17.1 Å². The fraction of sp³-hybridized carbons (Fsp3) is 0.613. The molecule has 1 aliphatic heterocycles. The van der Waals surface area contributed by atoms with E-state index in [0.717, 1.165) is 41.7 Å². The second kappa shape index (κ2) is 12.6. The number of nitrogens with zero attached hydrogens (tertiary/aromatic N) is 1. The minimum atomic E-state index is -1.04. The van der Waals surface area contributed by atoms with Gasteiger partial charge in [0.05, 0.1) is 18.9 Å². The maximum atomic E-state index is 14.2. The van der Waals surface area contributed by atoms with Crippen molar-refractivity contribution >= 4 is 37.4 Å². The second-order valence-corrected chi connectivity index (χ2v) is 13.8. The first kappa shape index (κ1) is 30.3. The van der Waals surface area contributed by atoms with Gasteiger partial charge in [-0.3, -0.25) is 9.36 Å². The molecule has 2 saturated carbocycles. The molecule has 1 N–H and O–H groups in total. The van der Waals surface area contributed by atoms with Crippen LogP contribution in [-0.2, 0) is 28.9 Å². The predicted molar refractivity (Wildman–Crippen MR) is 159 cm³/mol. The highest BCUT2D eigenvalue weighted by Gasteiger charge is 2.44. The number of hydrogen-bond acceptors (Lipinski definition) is 7. The lowest BCUT2D eigenvalue weighted by Gasteiger charge is -2.42. The summed E-state index contributed by atoms with van der Waals surface area (Å²) in [6.07, 6.45) is 6.43. The van der Waals surface area contributed by atoms with Crippen molar-refractivity contribution in [3.05, 3.63) is 40.8 Å². The van der Waals surface area contributed by atoms with E-state index in [9.17, 15) is 19.3 Å². The third-order valence-electron chi connectivity index (χ3n) is 8.97. The summed E-state index contributed by atoms with van der Waals surface area (Å²) in [5.74, 6) is -1.06. The van der Waals surface area contributed by atoms with Crippen molar-refractivity contribution in [1.29, 1.82) is 0 Å². The molecule has 10 heteroatoms. The van der Waals surface area contributed by atoms with Gasteiger partial charge in [0.2, 0.25) is 5.91 Å². The van der Waals surface area contributed by atoms with Crippen LogP contribution >= 0.6 is 19.8 Å². The molecule has 1 spiro atoms. The number of carboxylic acids is 1. The molecule has 2 aromatic rings. The molecule has 5 rings (SSSR count). The maximum absolute atomic E-state index is 14.2. The van der Waals surface area contributed by atoms with Crippen LogP contribution in [0.2, 0.25) is 0 Å². The zero-order valence-corrected chi connectivity index (χ0v) is 25.8. The van der Waals surface area contributed by atoms with Crippen LogP contribution in [0, 0.1) is 11.8 Å². The molecule has 222 valence electrons. The summed E-state index contributed by atoms with van der Waals surface area (Å²) in [6.45, 7) is 7.46. The molecule has 1 saturated heterocycles. The number of aromatic carboxylic acids is 1. The van der Waals surface area contributed by atoms with Gasteiger partial charge >= 0.3 is 5.97 Å². The van der Waals surface area contributed by atoms with E-state index in [2.05, 4.69) is 6.92 Å². The van der Waals surface area contributed by atoms with Crippen LogP contribution in [0.4, 0.5) is 5.69 Å². The molecular formula is C31H40NO7PS. The largest absolute Gasteiger partial charge is 0.477 e. The summed E-state index contributed by atoms with van der Waals surface area (Å²) in [6, 6.07) is 9.27. The van der Waals surface area contributed by atoms with Gasteiger partial charge in [0.15, 0.2) is 19.6 Å². The lowest BCUT2D eigenvalue weighted by molar-refractivity contribution is -0.179. The quantitative estimate of drug-likeness (QED) is 0.298. The zero-order chi connectivity index (χ0) is 29.2. The fourth-order valence-corrected chi connectivity index (χ4v) is 7.96. The normalized spacial score (nSPS) is 24.4. The third-order valence-corrected chi connectivity index (χ3v) is 10.9. The summed E-state index contributed by atoms with van der Waals surface area (Å²) in [4.78, 5) is 29.6. The van der Waals surface area contributed by atoms with Gasteiger partial charge in [0.25, 0.3) is 0 Å². The minimum absolute atomic E-state index is 0.0373. The highest BCUT2D eigenvalue weighted by Crippen LogP contribution is 2.45. The van der Waals surface area contributed by atoms with Crippen LogP contribution in [0.3, 0.4) is 0 Å². The van der Waals surface area contributed by atoms with E-state index in [1.807, 2.05) is 42.2 Å². The number of carboxylic acid groups (broad SMARTS) is 1. The van der Waals surface area contributed by atoms with E-state index in [1.165, 1.54) is 11.3 Å². The van der Waals surface area contributed by atoms with Crippen LogP contribution in [0.1, 0.15) is 87.4 Å². The SMILES string of the molecule is CCOC(C)(P=O)c1ccc(-c2cc(N(C(=O)C3CCC(C)CC3)C3CCC4(CC3)OCCO4)c(C(=O)O)s2)cc1. The van der Waals surface area contributed by atoms with Gasteiger partial charge in [-0.2, -0.15) is 0 Å². The van der Waals surface area contributed by atoms with E-state index in [4.69, 9.17) is 14.2 Å². The number of ether oxygens (including phenoxy) is 3. The molecule has 0 radical (unpaired) electrons. The molecule has 3 fully saturated rings. The molecule has 1 amide bonds. The number of benzene rings is 1. The second-order valence-electron chi connectivity index (χ2n) is 11.7. The smallest absolute Gasteiger partial charge is 0.348 e. The van der Waals surface area contributed by atoms with Crippen molar-refractivity contribution in [3.8, 4) is 10.4 Å². The Balaban J connectivity index is 1.48. The van der Waals surface area contributed by atoms with E-state index in [-0.39, 0.29) is 31.2 Å². The van der Waals surface area contributed by atoms with Crippen LogP contribution in [0.25, 0.3) is 10.4 Å². The molecule has 41 heavy (non-hydrogen) atoms. The average molecular weight is 602 g/mol. The van der Waals surface area contributed by atoms with Crippen molar-refractivity contribution in [3.63, 3.8) is 0 Å². The topological polar surface area (TPSA) is 102 Å². The molecule has 3 aliphatic rings. The van der Waals surface area contributed by atoms with E-state index in [0.29, 0.717) is 57.1 Å². The number of hydrogen-bond donors (Lipinski definition) is 1. The van der Waals surface area contributed by atoms with Gasteiger partial charge in [-0.1, -0.05) is 31.2 Å². The highest BCUT2D eigenvalue weighted by molar-refractivity contribution is 7.25. The Hall–Kier alpha value is -2.16. The van der Waals surface area contributed by atoms with Crippen molar-refractivity contribution in [2.45, 2.75) is 89.3 Å². The van der Waals surface area contributed by atoms with Crippen LogP contribution in [0.15, 0.2) is 30.3 Å². The number of carbonyl (C=O) groups is 2. The third kappa shape index (κ3) is 6.30. The van der Waals surface area contributed by atoms with Gasteiger partial charge < -0.3 is 24.2 Å². The van der Waals surface area contributed by atoms with Crippen molar-refractivity contribution < 1.29 is 33.5 Å². The van der Waals surface area contributed by atoms with Gasteiger partial charge in [-0.15, -0.1) is 11.3 Å². The Morgan fingerprint density at radius 1 is 1.10 bits per heavy atom. The number of anilines is 1.